The molecule has 1 aromatic carbocycles. The standard InChI is InChI=1S/C15H21N3S/c1-4-5-6-13-7-9-14(10-8-13)11(2)16-15-18-17-12(3)19-15/h7-11H,4-6H2,1-3H3,(H,16,18). The number of unbranched alkanes of at least 4 members (excludes halogenated alkanes) is 1. The van der Waals surface area contributed by atoms with E-state index in [4.69, 9.17) is 0 Å². The molecule has 3 nitrogen and oxygen atoms in total. The van der Waals surface area contributed by atoms with Gasteiger partial charge in [-0.15, -0.1) is 10.2 Å². The van der Waals surface area contributed by atoms with E-state index in [9.17, 15) is 0 Å². The molecule has 0 amide bonds. The fraction of sp³-hybridized carbons (Fsp3) is 0.467. The maximum atomic E-state index is 4.10. The molecule has 0 saturated heterocycles. The smallest absolute Gasteiger partial charge is 0.206 e. The topological polar surface area (TPSA) is 37.8 Å². The van der Waals surface area contributed by atoms with Crippen LogP contribution in [0.3, 0.4) is 0 Å². The molecule has 0 radical (unpaired) electrons. The third-order valence-electron chi connectivity index (χ3n) is 3.16. The van der Waals surface area contributed by atoms with Gasteiger partial charge in [0.2, 0.25) is 5.13 Å². The van der Waals surface area contributed by atoms with Gasteiger partial charge in [-0.1, -0.05) is 48.9 Å². The van der Waals surface area contributed by atoms with Crippen molar-refractivity contribution in [3.8, 4) is 0 Å². The highest BCUT2D eigenvalue weighted by Crippen LogP contribution is 2.22. The normalized spacial score (nSPS) is 12.4. The molecule has 102 valence electrons. The van der Waals surface area contributed by atoms with Crippen molar-refractivity contribution in [3.05, 3.63) is 40.4 Å². The van der Waals surface area contributed by atoms with Crippen LogP contribution >= 0.6 is 11.3 Å². The monoisotopic (exact) mass is 275 g/mol. The Balaban J connectivity index is 1.97. The van der Waals surface area contributed by atoms with Crippen LogP contribution in [0, 0.1) is 6.92 Å². The van der Waals surface area contributed by atoms with Crippen LogP contribution in [0.4, 0.5) is 5.13 Å². The van der Waals surface area contributed by atoms with E-state index in [1.807, 2.05) is 6.92 Å². The highest BCUT2D eigenvalue weighted by atomic mass is 32.1. The maximum Gasteiger partial charge on any atom is 0.206 e. The van der Waals surface area contributed by atoms with E-state index in [1.165, 1.54) is 30.4 Å². The lowest BCUT2D eigenvalue weighted by atomic mass is 10.0. The Morgan fingerprint density at radius 3 is 2.53 bits per heavy atom. The summed E-state index contributed by atoms with van der Waals surface area (Å²) in [6, 6.07) is 9.13. The molecular formula is C15H21N3S. The van der Waals surface area contributed by atoms with E-state index >= 15 is 0 Å². The van der Waals surface area contributed by atoms with Crippen molar-refractivity contribution in [1.82, 2.24) is 10.2 Å². The highest BCUT2D eigenvalue weighted by molar-refractivity contribution is 7.15. The minimum atomic E-state index is 0.257. The SMILES string of the molecule is CCCCc1ccc(C(C)Nc2nnc(C)s2)cc1. The van der Waals surface area contributed by atoms with Gasteiger partial charge >= 0.3 is 0 Å². The molecule has 1 N–H and O–H groups in total. The summed E-state index contributed by atoms with van der Waals surface area (Å²) in [5, 5.41) is 13.4. The van der Waals surface area contributed by atoms with E-state index < -0.39 is 0 Å². The molecule has 4 heteroatoms. The van der Waals surface area contributed by atoms with E-state index in [-0.39, 0.29) is 6.04 Å². The molecule has 0 saturated carbocycles. The van der Waals surface area contributed by atoms with Crippen LogP contribution in [0.2, 0.25) is 0 Å². The summed E-state index contributed by atoms with van der Waals surface area (Å²) < 4.78 is 0. The predicted octanol–water partition coefficient (Wildman–Crippen LogP) is 4.36. The molecule has 2 rings (SSSR count). The molecule has 1 aromatic heterocycles. The minimum Gasteiger partial charge on any atom is -0.354 e. The molecule has 1 unspecified atom stereocenters. The molecule has 0 aliphatic heterocycles. The number of hydrogen-bond donors (Lipinski definition) is 1. The summed E-state index contributed by atoms with van der Waals surface area (Å²) >= 11 is 1.59. The third kappa shape index (κ3) is 4.03. The quantitative estimate of drug-likeness (QED) is 0.851. The molecule has 0 spiro atoms. The number of nitrogens with one attached hydrogen (secondary N) is 1. The number of nitrogens with zero attached hydrogens (tertiary/aromatic N) is 2. The number of aromatic nitrogens is 2. The summed E-state index contributed by atoms with van der Waals surface area (Å²) in [7, 11) is 0. The van der Waals surface area contributed by atoms with Crippen molar-refractivity contribution in [2.24, 2.45) is 0 Å². The first-order chi connectivity index (χ1) is 9.19. The lowest BCUT2D eigenvalue weighted by Crippen LogP contribution is -2.06. The van der Waals surface area contributed by atoms with Crippen LogP contribution in [-0.4, -0.2) is 10.2 Å². The fourth-order valence-corrected chi connectivity index (χ4v) is 2.66. The molecule has 0 aliphatic rings. The van der Waals surface area contributed by atoms with Gasteiger partial charge in [0.1, 0.15) is 5.01 Å². The minimum absolute atomic E-state index is 0.257. The highest BCUT2D eigenvalue weighted by Gasteiger charge is 2.08. The van der Waals surface area contributed by atoms with Crippen LogP contribution in [0.5, 0.6) is 0 Å². The van der Waals surface area contributed by atoms with Crippen molar-refractivity contribution < 1.29 is 0 Å². The summed E-state index contributed by atoms with van der Waals surface area (Å²) in [4.78, 5) is 0. The molecule has 2 aromatic rings. The summed E-state index contributed by atoms with van der Waals surface area (Å²) in [5.41, 5.74) is 2.71. The predicted molar refractivity (Wildman–Crippen MR) is 81.7 cm³/mol. The largest absolute Gasteiger partial charge is 0.354 e. The molecule has 19 heavy (non-hydrogen) atoms. The number of rotatable bonds is 6. The van der Waals surface area contributed by atoms with E-state index in [2.05, 4.69) is 53.6 Å². The lowest BCUT2D eigenvalue weighted by molar-refractivity contribution is 0.793. The van der Waals surface area contributed by atoms with E-state index in [1.54, 1.807) is 11.3 Å². The first kappa shape index (κ1) is 14.0. The van der Waals surface area contributed by atoms with Crippen molar-refractivity contribution in [1.29, 1.82) is 0 Å². The van der Waals surface area contributed by atoms with Crippen LogP contribution in [0.25, 0.3) is 0 Å². The second kappa shape index (κ2) is 6.66. The number of hydrogen-bond acceptors (Lipinski definition) is 4. The Hall–Kier alpha value is -1.42. The van der Waals surface area contributed by atoms with E-state index in [0.717, 1.165) is 10.1 Å². The molecule has 0 bridgehead atoms. The zero-order valence-corrected chi connectivity index (χ0v) is 12.6. The van der Waals surface area contributed by atoms with Gasteiger partial charge in [0.05, 0.1) is 6.04 Å². The fourth-order valence-electron chi connectivity index (χ4n) is 1.98. The van der Waals surface area contributed by atoms with Gasteiger partial charge < -0.3 is 5.32 Å². The van der Waals surface area contributed by atoms with Gasteiger partial charge in [-0.05, 0) is 37.8 Å². The van der Waals surface area contributed by atoms with Gasteiger partial charge in [-0.2, -0.15) is 0 Å². The average molecular weight is 275 g/mol. The number of anilines is 1. The molecule has 1 atom stereocenters. The molecule has 0 fully saturated rings. The summed E-state index contributed by atoms with van der Waals surface area (Å²) in [6.45, 7) is 6.35. The molecular weight excluding hydrogens is 254 g/mol. The second-order valence-electron chi connectivity index (χ2n) is 4.84. The zero-order valence-electron chi connectivity index (χ0n) is 11.8. The van der Waals surface area contributed by atoms with Crippen LogP contribution in [0.1, 0.15) is 48.9 Å². The van der Waals surface area contributed by atoms with Gasteiger partial charge in [0, 0.05) is 0 Å². The zero-order chi connectivity index (χ0) is 13.7. The average Bonchev–Trinajstić information content (AvgIpc) is 2.82. The van der Waals surface area contributed by atoms with Crippen molar-refractivity contribution in [2.45, 2.75) is 46.1 Å². The second-order valence-corrected chi connectivity index (χ2v) is 6.02. The van der Waals surface area contributed by atoms with Crippen molar-refractivity contribution in [2.75, 3.05) is 5.32 Å². The maximum absolute atomic E-state index is 4.10. The first-order valence-electron chi connectivity index (χ1n) is 6.84. The summed E-state index contributed by atoms with van der Waals surface area (Å²) in [6.07, 6.45) is 3.68. The van der Waals surface area contributed by atoms with E-state index in [0.29, 0.717) is 0 Å². The van der Waals surface area contributed by atoms with Gasteiger partial charge in [0.15, 0.2) is 0 Å². The number of benzene rings is 1. The summed E-state index contributed by atoms with van der Waals surface area (Å²) in [5.74, 6) is 0. The van der Waals surface area contributed by atoms with Gasteiger partial charge in [-0.3, -0.25) is 0 Å². The Kier molecular flexibility index (Phi) is 4.91. The Morgan fingerprint density at radius 1 is 1.21 bits per heavy atom. The van der Waals surface area contributed by atoms with Crippen molar-refractivity contribution >= 4 is 16.5 Å². The first-order valence-corrected chi connectivity index (χ1v) is 7.66. The van der Waals surface area contributed by atoms with Crippen molar-refractivity contribution in [3.63, 3.8) is 0 Å². The Morgan fingerprint density at radius 2 is 1.95 bits per heavy atom. The molecule has 1 heterocycles. The van der Waals surface area contributed by atoms with Crippen LogP contribution in [-0.2, 0) is 6.42 Å². The Bertz CT molecular complexity index is 504. The molecule has 0 aliphatic carbocycles. The third-order valence-corrected chi connectivity index (χ3v) is 3.93. The van der Waals surface area contributed by atoms with Crippen LogP contribution in [0.15, 0.2) is 24.3 Å². The van der Waals surface area contributed by atoms with Crippen LogP contribution < -0.4 is 5.32 Å². The number of aryl methyl sites for hydroxylation is 2. The lowest BCUT2D eigenvalue weighted by Gasteiger charge is -2.13. The van der Waals surface area contributed by atoms with Gasteiger partial charge in [0.25, 0.3) is 0 Å². The Labute approximate surface area is 119 Å². The van der Waals surface area contributed by atoms with Gasteiger partial charge in [-0.25, -0.2) is 0 Å².